The van der Waals surface area contributed by atoms with Crippen LogP contribution >= 0.6 is 12.2 Å². The van der Waals surface area contributed by atoms with Gasteiger partial charge in [0.25, 0.3) is 0 Å². The van der Waals surface area contributed by atoms with Gasteiger partial charge in [-0.2, -0.15) is 5.10 Å². The van der Waals surface area contributed by atoms with Crippen molar-refractivity contribution in [3.63, 3.8) is 0 Å². The summed E-state index contributed by atoms with van der Waals surface area (Å²) < 4.78 is 2.03. The number of aryl methyl sites for hydroxylation is 1. The van der Waals surface area contributed by atoms with Crippen molar-refractivity contribution in [3.05, 3.63) is 11.4 Å². The summed E-state index contributed by atoms with van der Waals surface area (Å²) in [4.78, 5) is 5.77. The van der Waals surface area contributed by atoms with Crippen molar-refractivity contribution in [1.82, 2.24) is 15.1 Å². The highest BCUT2D eigenvalue weighted by molar-refractivity contribution is 7.80. The molecular formula is C17H28N4S. The number of fused-ring (bicyclic) bond motifs is 1. The van der Waals surface area contributed by atoms with E-state index in [0.717, 1.165) is 40.7 Å². The molecule has 0 spiro atoms. The van der Waals surface area contributed by atoms with Crippen molar-refractivity contribution < 1.29 is 0 Å². The molecule has 0 aliphatic carbocycles. The van der Waals surface area contributed by atoms with E-state index in [9.17, 15) is 0 Å². The molecule has 22 heavy (non-hydrogen) atoms. The largest absolute Gasteiger partial charge is 0.369 e. The van der Waals surface area contributed by atoms with Crippen molar-refractivity contribution in [1.29, 1.82) is 0 Å². The van der Waals surface area contributed by atoms with E-state index in [1.54, 1.807) is 0 Å². The summed E-state index contributed by atoms with van der Waals surface area (Å²) in [5.74, 6) is 0. The molecule has 0 saturated heterocycles. The molecule has 122 valence electrons. The van der Waals surface area contributed by atoms with E-state index in [0.29, 0.717) is 6.54 Å². The van der Waals surface area contributed by atoms with Gasteiger partial charge in [0.15, 0.2) is 0 Å². The molecule has 2 rings (SSSR count). The van der Waals surface area contributed by atoms with Gasteiger partial charge in [-0.15, -0.1) is 0 Å². The third-order valence-corrected chi connectivity index (χ3v) is 4.15. The van der Waals surface area contributed by atoms with Gasteiger partial charge in [0.05, 0.1) is 12.2 Å². The van der Waals surface area contributed by atoms with Crippen LogP contribution in [0.3, 0.4) is 0 Å². The van der Waals surface area contributed by atoms with Gasteiger partial charge in [-0.05, 0) is 6.42 Å². The molecule has 1 aliphatic heterocycles. The van der Waals surface area contributed by atoms with Gasteiger partial charge in [-0.3, -0.25) is 9.67 Å². The average molecular weight is 321 g/mol. The number of nitrogens with zero attached hydrogens (tertiary/aromatic N) is 3. The van der Waals surface area contributed by atoms with E-state index in [1.807, 2.05) is 4.68 Å². The van der Waals surface area contributed by atoms with Crippen LogP contribution in [0.1, 0.15) is 66.3 Å². The van der Waals surface area contributed by atoms with E-state index < -0.39 is 0 Å². The number of aliphatic imine (C=N–C) groups is 1. The Hall–Kier alpha value is -1.23. The Morgan fingerprint density at radius 1 is 1.14 bits per heavy atom. The van der Waals surface area contributed by atoms with Crippen LogP contribution in [0.25, 0.3) is 0 Å². The summed E-state index contributed by atoms with van der Waals surface area (Å²) in [6.45, 7) is 16.8. The van der Waals surface area contributed by atoms with Gasteiger partial charge in [0.1, 0.15) is 16.4 Å². The van der Waals surface area contributed by atoms with E-state index in [-0.39, 0.29) is 10.8 Å². The first-order valence-corrected chi connectivity index (χ1v) is 8.44. The van der Waals surface area contributed by atoms with Gasteiger partial charge in [0, 0.05) is 23.1 Å². The van der Waals surface area contributed by atoms with Crippen molar-refractivity contribution in [2.24, 2.45) is 10.4 Å². The second-order valence-electron chi connectivity index (χ2n) is 8.01. The minimum atomic E-state index is -0.0600. The molecule has 0 unspecified atom stereocenters. The lowest BCUT2D eigenvalue weighted by atomic mass is 9.89. The molecule has 1 aromatic heterocycles. The van der Waals surface area contributed by atoms with Crippen LogP contribution in [0.15, 0.2) is 4.99 Å². The first kappa shape index (κ1) is 17.1. The maximum Gasteiger partial charge on any atom is 0.127 e. The number of aromatic nitrogens is 2. The van der Waals surface area contributed by atoms with Crippen LogP contribution in [0.2, 0.25) is 0 Å². The lowest BCUT2D eigenvalue weighted by Gasteiger charge is -2.21. The zero-order valence-corrected chi connectivity index (χ0v) is 15.7. The molecule has 5 heteroatoms. The fourth-order valence-corrected chi connectivity index (χ4v) is 2.79. The minimum Gasteiger partial charge on any atom is -0.369 e. The summed E-state index contributed by atoms with van der Waals surface area (Å²) in [6.07, 6.45) is 1.02. The van der Waals surface area contributed by atoms with E-state index >= 15 is 0 Å². The van der Waals surface area contributed by atoms with Crippen LogP contribution in [0.4, 0.5) is 5.69 Å². The molecule has 0 bridgehead atoms. The molecule has 0 saturated carbocycles. The zero-order chi connectivity index (χ0) is 16.7. The van der Waals surface area contributed by atoms with E-state index in [4.69, 9.17) is 22.3 Å². The molecule has 0 fully saturated rings. The lowest BCUT2D eigenvalue weighted by Crippen LogP contribution is -2.34. The molecule has 1 aliphatic rings. The SMILES string of the molecule is CCCn1nc(C(C)(C)C)c2c1C(=S)NCC(C(C)(C)C)=N2. The van der Waals surface area contributed by atoms with E-state index in [2.05, 4.69) is 53.8 Å². The zero-order valence-electron chi connectivity index (χ0n) is 14.9. The van der Waals surface area contributed by atoms with Crippen LogP contribution in [0, 0.1) is 5.41 Å². The Labute approximate surface area is 139 Å². The van der Waals surface area contributed by atoms with Crippen LogP contribution < -0.4 is 5.32 Å². The number of rotatable bonds is 2. The van der Waals surface area contributed by atoms with Crippen molar-refractivity contribution in [2.75, 3.05) is 6.54 Å². The maximum atomic E-state index is 5.62. The summed E-state index contributed by atoms with van der Waals surface area (Å²) >= 11 is 5.62. The first-order chi connectivity index (χ1) is 10.1. The quantitative estimate of drug-likeness (QED) is 0.838. The Balaban J connectivity index is 2.72. The molecule has 1 N–H and O–H groups in total. The van der Waals surface area contributed by atoms with Crippen molar-refractivity contribution >= 4 is 28.6 Å². The summed E-state index contributed by atoms with van der Waals surface area (Å²) in [7, 11) is 0. The molecular weight excluding hydrogens is 292 g/mol. The molecule has 0 radical (unpaired) electrons. The first-order valence-electron chi connectivity index (χ1n) is 8.03. The maximum absolute atomic E-state index is 5.62. The molecule has 4 nitrogen and oxygen atoms in total. The Morgan fingerprint density at radius 3 is 2.27 bits per heavy atom. The lowest BCUT2D eigenvalue weighted by molar-refractivity contribution is 0.527. The Morgan fingerprint density at radius 2 is 1.77 bits per heavy atom. The Kier molecular flexibility index (Phi) is 4.49. The molecule has 0 amide bonds. The second-order valence-corrected chi connectivity index (χ2v) is 8.42. The number of thiocarbonyl (C=S) groups is 1. The van der Waals surface area contributed by atoms with Crippen LogP contribution in [0.5, 0.6) is 0 Å². The predicted molar refractivity (Wildman–Crippen MR) is 97.5 cm³/mol. The Bertz CT molecular complexity index is 612. The van der Waals surface area contributed by atoms with E-state index in [1.165, 1.54) is 0 Å². The second kappa shape index (κ2) is 5.76. The van der Waals surface area contributed by atoms with Gasteiger partial charge >= 0.3 is 0 Å². The molecule has 0 aromatic carbocycles. The minimum absolute atomic E-state index is 0.00618. The third kappa shape index (κ3) is 3.24. The standard InChI is InChI=1S/C17H28N4S/c1-8-9-21-13-12(14(20-21)17(5,6)7)19-11(16(2,3)4)10-18-15(13)22/h8-10H2,1-7H3,(H,18,22). The number of hydrogen-bond acceptors (Lipinski definition) is 3. The topological polar surface area (TPSA) is 42.2 Å². The third-order valence-electron chi connectivity index (χ3n) is 3.82. The van der Waals surface area contributed by atoms with Crippen molar-refractivity contribution in [3.8, 4) is 0 Å². The highest BCUT2D eigenvalue weighted by Gasteiger charge is 2.32. The summed E-state index contributed by atoms with van der Waals surface area (Å²) in [6, 6.07) is 0. The monoisotopic (exact) mass is 320 g/mol. The van der Waals surface area contributed by atoms with Gasteiger partial charge in [0.2, 0.25) is 0 Å². The number of nitrogens with one attached hydrogen (secondary N) is 1. The summed E-state index contributed by atoms with van der Waals surface area (Å²) in [5.41, 5.74) is 4.03. The fraction of sp³-hybridized carbons (Fsp3) is 0.706. The summed E-state index contributed by atoms with van der Waals surface area (Å²) in [5, 5.41) is 8.20. The highest BCUT2D eigenvalue weighted by Crippen LogP contribution is 2.36. The smallest absolute Gasteiger partial charge is 0.127 e. The predicted octanol–water partition coefficient (Wildman–Crippen LogP) is 3.99. The average Bonchev–Trinajstić information content (AvgIpc) is 2.62. The van der Waals surface area contributed by atoms with Gasteiger partial charge in [-0.1, -0.05) is 60.7 Å². The molecule has 2 heterocycles. The number of hydrogen-bond donors (Lipinski definition) is 1. The van der Waals surface area contributed by atoms with Crippen LogP contribution in [-0.2, 0) is 12.0 Å². The molecule has 1 aromatic rings. The van der Waals surface area contributed by atoms with Crippen molar-refractivity contribution in [2.45, 2.75) is 66.8 Å². The molecule has 0 atom stereocenters. The van der Waals surface area contributed by atoms with Gasteiger partial charge < -0.3 is 5.32 Å². The highest BCUT2D eigenvalue weighted by atomic mass is 32.1. The van der Waals surface area contributed by atoms with Crippen LogP contribution in [-0.4, -0.2) is 27.0 Å². The normalized spacial score (nSPS) is 16.0. The fourth-order valence-electron chi connectivity index (χ4n) is 2.52. The van der Waals surface area contributed by atoms with Gasteiger partial charge in [-0.25, -0.2) is 0 Å².